The van der Waals surface area contributed by atoms with E-state index < -0.39 is 0 Å². The van der Waals surface area contributed by atoms with Crippen LogP contribution in [0.25, 0.3) is 0 Å². The molecule has 0 saturated heterocycles. The van der Waals surface area contributed by atoms with Crippen molar-refractivity contribution in [1.29, 1.82) is 0 Å². The van der Waals surface area contributed by atoms with E-state index in [9.17, 15) is 9.59 Å². The van der Waals surface area contributed by atoms with Crippen molar-refractivity contribution in [1.82, 2.24) is 4.90 Å². The molecule has 1 aliphatic rings. The van der Waals surface area contributed by atoms with Crippen LogP contribution in [0.3, 0.4) is 0 Å². The van der Waals surface area contributed by atoms with Gasteiger partial charge in [-0.2, -0.15) is 0 Å². The minimum Gasteiger partial charge on any atom is -0.339 e. The molecule has 4 nitrogen and oxygen atoms in total. The molecular formula is C23H28N2O2. The van der Waals surface area contributed by atoms with E-state index in [1.807, 2.05) is 49.2 Å². The Hall–Kier alpha value is -2.62. The highest BCUT2D eigenvalue weighted by Crippen LogP contribution is 2.24. The third-order valence-corrected chi connectivity index (χ3v) is 5.38. The maximum atomic E-state index is 13.1. The maximum Gasteiger partial charge on any atom is 0.255 e. The third-order valence-electron chi connectivity index (χ3n) is 5.38. The van der Waals surface area contributed by atoms with Crippen LogP contribution in [-0.2, 0) is 0 Å². The SMILES string of the molecule is Cc1cccc(C(=O)Nc2ccccc2C(=O)N(C)C2CCCCCC2)c1. The van der Waals surface area contributed by atoms with Gasteiger partial charge in [0.1, 0.15) is 0 Å². The Balaban J connectivity index is 1.78. The summed E-state index contributed by atoms with van der Waals surface area (Å²) in [6.07, 6.45) is 6.96. The van der Waals surface area contributed by atoms with Gasteiger partial charge in [-0.05, 0) is 44.0 Å². The van der Waals surface area contributed by atoms with Gasteiger partial charge in [0.15, 0.2) is 0 Å². The minimum absolute atomic E-state index is 0.0259. The first-order valence-corrected chi connectivity index (χ1v) is 9.80. The smallest absolute Gasteiger partial charge is 0.255 e. The zero-order valence-corrected chi connectivity index (χ0v) is 16.2. The van der Waals surface area contributed by atoms with E-state index in [0.717, 1.165) is 18.4 Å². The van der Waals surface area contributed by atoms with Gasteiger partial charge in [0.25, 0.3) is 11.8 Å². The summed E-state index contributed by atoms with van der Waals surface area (Å²) in [6, 6.07) is 15.0. The number of amides is 2. The molecule has 0 aliphatic heterocycles. The number of carbonyl (C=O) groups is 2. The molecular weight excluding hydrogens is 336 g/mol. The monoisotopic (exact) mass is 364 g/mol. The number of aryl methyl sites for hydroxylation is 1. The molecule has 0 spiro atoms. The Labute approximate surface area is 161 Å². The summed E-state index contributed by atoms with van der Waals surface area (Å²) >= 11 is 0. The lowest BCUT2D eigenvalue weighted by molar-refractivity contribution is 0.0719. The molecule has 0 atom stereocenters. The van der Waals surface area contributed by atoms with Crippen molar-refractivity contribution >= 4 is 17.5 Å². The number of anilines is 1. The van der Waals surface area contributed by atoms with Crippen LogP contribution in [0, 0.1) is 6.92 Å². The van der Waals surface area contributed by atoms with Gasteiger partial charge in [0.05, 0.1) is 11.3 Å². The fourth-order valence-electron chi connectivity index (χ4n) is 3.76. The molecule has 2 aromatic carbocycles. The number of rotatable bonds is 4. The van der Waals surface area contributed by atoms with Gasteiger partial charge in [0.2, 0.25) is 0 Å². The Morgan fingerprint density at radius 2 is 1.67 bits per heavy atom. The summed E-state index contributed by atoms with van der Waals surface area (Å²) in [7, 11) is 1.89. The molecule has 4 heteroatoms. The molecule has 1 saturated carbocycles. The van der Waals surface area contributed by atoms with E-state index in [1.54, 1.807) is 18.2 Å². The van der Waals surface area contributed by atoms with Crippen LogP contribution in [0.5, 0.6) is 0 Å². The van der Waals surface area contributed by atoms with Crippen molar-refractivity contribution < 1.29 is 9.59 Å². The molecule has 2 aromatic rings. The lowest BCUT2D eigenvalue weighted by atomic mass is 10.1. The van der Waals surface area contributed by atoms with Crippen molar-refractivity contribution in [3.05, 3.63) is 65.2 Å². The molecule has 1 aliphatic carbocycles. The molecule has 0 heterocycles. The van der Waals surface area contributed by atoms with Gasteiger partial charge in [-0.25, -0.2) is 0 Å². The van der Waals surface area contributed by atoms with Crippen LogP contribution < -0.4 is 5.32 Å². The molecule has 1 N–H and O–H groups in total. The number of benzene rings is 2. The molecule has 142 valence electrons. The number of nitrogens with zero attached hydrogens (tertiary/aromatic N) is 1. The molecule has 0 aromatic heterocycles. The lowest BCUT2D eigenvalue weighted by Crippen LogP contribution is -2.37. The number of hydrogen-bond acceptors (Lipinski definition) is 2. The first-order chi connectivity index (χ1) is 13.1. The van der Waals surface area contributed by atoms with E-state index in [4.69, 9.17) is 0 Å². The Kier molecular flexibility index (Phi) is 6.28. The van der Waals surface area contributed by atoms with Crippen LogP contribution in [0.15, 0.2) is 48.5 Å². The average molecular weight is 364 g/mol. The zero-order chi connectivity index (χ0) is 19.2. The number of carbonyl (C=O) groups excluding carboxylic acids is 2. The summed E-state index contributed by atoms with van der Waals surface area (Å²) < 4.78 is 0. The Morgan fingerprint density at radius 1 is 0.963 bits per heavy atom. The number of nitrogens with one attached hydrogen (secondary N) is 1. The highest BCUT2D eigenvalue weighted by atomic mass is 16.2. The van der Waals surface area contributed by atoms with Crippen molar-refractivity contribution in [2.75, 3.05) is 12.4 Å². The third kappa shape index (κ3) is 4.76. The standard InChI is InChI=1S/C23H28N2O2/c1-17-10-9-11-18(16-17)22(26)24-21-15-8-7-14-20(21)23(27)25(2)19-12-5-3-4-6-13-19/h7-11,14-16,19H,3-6,12-13H2,1-2H3,(H,24,26). The summed E-state index contributed by atoms with van der Waals surface area (Å²) in [5.74, 6) is -0.224. The van der Waals surface area contributed by atoms with E-state index in [-0.39, 0.29) is 17.9 Å². The minimum atomic E-state index is -0.198. The Morgan fingerprint density at radius 3 is 2.37 bits per heavy atom. The highest BCUT2D eigenvalue weighted by molar-refractivity contribution is 6.09. The van der Waals surface area contributed by atoms with Crippen LogP contribution in [0.1, 0.15) is 64.8 Å². The maximum absolute atomic E-state index is 13.1. The summed E-state index contributed by atoms with van der Waals surface area (Å²) in [5.41, 5.74) is 2.73. The topological polar surface area (TPSA) is 49.4 Å². The van der Waals surface area contributed by atoms with Gasteiger partial charge in [0, 0.05) is 18.7 Å². The molecule has 3 rings (SSSR count). The fraction of sp³-hybridized carbons (Fsp3) is 0.391. The van der Waals surface area contributed by atoms with E-state index >= 15 is 0 Å². The van der Waals surface area contributed by atoms with E-state index in [1.165, 1.54) is 25.7 Å². The lowest BCUT2D eigenvalue weighted by Gasteiger charge is -2.28. The van der Waals surface area contributed by atoms with Gasteiger partial charge in [-0.15, -0.1) is 0 Å². The highest BCUT2D eigenvalue weighted by Gasteiger charge is 2.24. The number of para-hydroxylation sites is 1. The normalized spacial score (nSPS) is 15.0. The predicted molar refractivity (Wildman–Crippen MR) is 109 cm³/mol. The molecule has 0 unspecified atom stereocenters. The van der Waals surface area contributed by atoms with Crippen LogP contribution in [0.4, 0.5) is 5.69 Å². The van der Waals surface area contributed by atoms with Gasteiger partial charge in [-0.3, -0.25) is 9.59 Å². The fourth-order valence-corrected chi connectivity index (χ4v) is 3.76. The second-order valence-corrected chi connectivity index (χ2v) is 7.43. The number of hydrogen-bond donors (Lipinski definition) is 1. The first kappa shape index (κ1) is 19.2. The molecule has 0 bridgehead atoms. The zero-order valence-electron chi connectivity index (χ0n) is 16.2. The summed E-state index contributed by atoms with van der Waals surface area (Å²) in [5, 5.41) is 2.92. The molecule has 2 amide bonds. The van der Waals surface area contributed by atoms with Crippen molar-refractivity contribution in [3.8, 4) is 0 Å². The quantitative estimate of drug-likeness (QED) is 0.773. The second-order valence-electron chi connectivity index (χ2n) is 7.43. The van der Waals surface area contributed by atoms with Gasteiger partial charge < -0.3 is 10.2 Å². The first-order valence-electron chi connectivity index (χ1n) is 9.80. The average Bonchev–Trinajstić information content (AvgIpc) is 2.97. The van der Waals surface area contributed by atoms with Crippen LogP contribution in [0.2, 0.25) is 0 Å². The van der Waals surface area contributed by atoms with Gasteiger partial charge >= 0.3 is 0 Å². The second kappa shape index (κ2) is 8.85. The van der Waals surface area contributed by atoms with E-state index in [0.29, 0.717) is 16.8 Å². The van der Waals surface area contributed by atoms with Crippen molar-refractivity contribution in [2.24, 2.45) is 0 Å². The summed E-state index contributed by atoms with van der Waals surface area (Å²) in [4.78, 5) is 27.6. The van der Waals surface area contributed by atoms with Crippen molar-refractivity contribution in [3.63, 3.8) is 0 Å². The van der Waals surface area contributed by atoms with Crippen LogP contribution >= 0.6 is 0 Å². The molecule has 0 radical (unpaired) electrons. The van der Waals surface area contributed by atoms with Gasteiger partial charge in [-0.1, -0.05) is 55.5 Å². The summed E-state index contributed by atoms with van der Waals surface area (Å²) in [6.45, 7) is 1.95. The Bertz CT molecular complexity index is 808. The molecule has 1 fully saturated rings. The van der Waals surface area contributed by atoms with Crippen molar-refractivity contribution in [2.45, 2.75) is 51.5 Å². The molecule has 27 heavy (non-hydrogen) atoms. The van der Waals surface area contributed by atoms with Crippen LogP contribution in [-0.4, -0.2) is 29.8 Å². The predicted octanol–water partition coefficient (Wildman–Crippen LogP) is 5.04. The van der Waals surface area contributed by atoms with E-state index in [2.05, 4.69) is 5.32 Å². The largest absolute Gasteiger partial charge is 0.339 e.